The lowest BCUT2D eigenvalue weighted by molar-refractivity contribution is -0.137. The van der Waals surface area contributed by atoms with Crippen LogP contribution in [0.25, 0.3) is 11.3 Å². The summed E-state index contributed by atoms with van der Waals surface area (Å²) in [5.41, 5.74) is 4.28. The second kappa shape index (κ2) is 3.96. The Morgan fingerprint density at radius 1 is 1.24 bits per heavy atom. The zero-order chi connectivity index (χ0) is 12.6. The van der Waals surface area contributed by atoms with Crippen molar-refractivity contribution >= 4 is 17.4 Å². The van der Waals surface area contributed by atoms with Gasteiger partial charge in [-0.15, -0.1) is 0 Å². The largest absolute Gasteiger partial charge is 0.417 e. The molecule has 0 saturated carbocycles. The molecule has 0 bridgehead atoms. The van der Waals surface area contributed by atoms with Gasteiger partial charge in [0.15, 0.2) is 11.6 Å². The molecule has 2 rings (SSSR count). The molecule has 0 unspecified atom stereocenters. The first-order valence-corrected chi connectivity index (χ1v) is 4.86. The van der Waals surface area contributed by atoms with Crippen molar-refractivity contribution in [3.8, 4) is 11.3 Å². The second-order valence-electron chi connectivity index (χ2n) is 3.25. The summed E-state index contributed by atoms with van der Waals surface area (Å²) in [5.74, 6) is -0.323. The summed E-state index contributed by atoms with van der Waals surface area (Å²) in [6.07, 6.45) is -4.50. The molecule has 1 heterocycles. The number of anilines is 1. The molecule has 90 valence electrons. The van der Waals surface area contributed by atoms with Gasteiger partial charge in [-0.25, -0.2) is 0 Å². The van der Waals surface area contributed by atoms with Crippen molar-refractivity contribution in [2.75, 3.05) is 5.73 Å². The van der Waals surface area contributed by atoms with E-state index in [1.165, 1.54) is 18.2 Å². The van der Waals surface area contributed by atoms with Gasteiger partial charge in [0, 0.05) is 5.56 Å². The highest BCUT2D eigenvalue weighted by atomic mass is 35.5. The molecule has 3 nitrogen and oxygen atoms in total. The van der Waals surface area contributed by atoms with Crippen LogP contribution in [-0.4, -0.2) is 5.16 Å². The zero-order valence-electron chi connectivity index (χ0n) is 8.25. The number of alkyl halides is 3. The van der Waals surface area contributed by atoms with Crippen LogP contribution in [0, 0.1) is 0 Å². The fourth-order valence-electron chi connectivity index (χ4n) is 1.39. The maximum absolute atomic E-state index is 12.7. The smallest absolute Gasteiger partial charge is 0.380 e. The van der Waals surface area contributed by atoms with Crippen LogP contribution in [0.2, 0.25) is 5.02 Å². The van der Waals surface area contributed by atoms with Gasteiger partial charge in [-0.3, -0.25) is 0 Å². The number of nitrogens with zero attached hydrogens (tertiary/aromatic N) is 1. The van der Waals surface area contributed by atoms with E-state index in [0.717, 1.165) is 6.07 Å². The van der Waals surface area contributed by atoms with E-state index in [1.807, 2.05) is 0 Å². The molecule has 17 heavy (non-hydrogen) atoms. The summed E-state index contributed by atoms with van der Waals surface area (Å²) < 4.78 is 42.9. The van der Waals surface area contributed by atoms with E-state index in [9.17, 15) is 13.2 Å². The molecule has 0 fully saturated rings. The van der Waals surface area contributed by atoms with Crippen molar-refractivity contribution < 1.29 is 17.7 Å². The molecular weight excluding hydrogens is 257 g/mol. The summed E-state index contributed by atoms with van der Waals surface area (Å²) in [7, 11) is 0. The summed E-state index contributed by atoms with van der Waals surface area (Å²) in [6.45, 7) is 0. The van der Waals surface area contributed by atoms with Crippen molar-refractivity contribution in [3.05, 3.63) is 34.9 Å². The Kier molecular flexibility index (Phi) is 2.74. The molecule has 1 aromatic carbocycles. The first kappa shape index (κ1) is 11.8. The normalized spacial score (nSPS) is 11.8. The number of benzene rings is 1. The molecular formula is C10H6ClF3N2O. The first-order chi connectivity index (χ1) is 7.91. The van der Waals surface area contributed by atoms with Gasteiger partial charge in [0.1, 0.15) is 5.02 Å². The fraction of sp³-hybridized carbons (Fsp3) is 0.100. The Morgan fingerprint density at radius 2 is 1.88 bits per heavy atom. The summed E-state index contributed by atoms with van der Waals surface area (Å²) in [6, 6.07) is 4.90. The molecule has 1 aromatic heterocycles. The van der Waals surface area contributed by atoms with Crippen LogP contribution in [0.3, 0.4) is 0 Å². The number of nitrogens with two attached hydrogens (primary N) is 1. The molecule has 0 amide bonds. The van der Waals surface area contributed by atoms with E-state index in [4.69, 9.17) is 21.9 Å². The molecule has 7 heteroatoms. The van der Waals surface area contributed by atoms with Gasteiger partial charge >= 0.3 is 6.18 Å². The van der Waals surface area contributed by atoms with Gasteiger partial charge in [0.2, 0.25) is 0 Å². The molecule has 0 saturated heterocycles. The summed E-state index contributed by atoms with van der Waals surface area (Å²) in [5, 5.41) is 3.20. The predicted octanol–water partition coefficient (Wildman–Crippen LogP) is 3.60. The van der Waals surface area contributed by atoms with Crippen molar-refractivity contribution in [1.82, 2.24) is 5.16 Å². The van der Waals surface area contributed by atoms with Crippen molar-refractivity contribution in [1.29, 1.82) is 0 Å². The van der Waals surface area contributed by atoms with Gasteiger partial charge < -0.3 is 10.3 Å². The number of hydrogen-bond donors (Lipinski definition) is 1. The third-order valence-electron chi connectivity index (χ3n) is 2.14. The van der Waals surface area contributed by atoms with E-state index < -0.39 is 11.7 Å². The maximum Gasteiger partial charge on any atom is 0.417 e. The number of hydrogen-bond acceptors (Lipinski definition) is 3. The lowest BCUT2D eigenvalue weighted by atomic mass is 10.1. The Morgan fingerprint density at radius 3 is 2.41 bits per heavy atom. The highest BCUT2D eigenvalue weighted by Crippen LogP contribution is 2.40. The van der Waals surface area contributed by atoms with E-state index in [-0.39, 0.29) is 22.2 Å². The predicted molar refractivity (Wildman–Crippen MR) is 56.4 cm³/mol. The van der Waals surface area contributed by atoms with E-state index >= 15 is 0 Å². The van der Waals surface area contributed by atoms with Gasteiger partial charge in [-0.1, -0.05) is 35.0 Å². The standard InChI is InChI=1S/C10H6ClF3N2O/c11-7-8(17-16-9(7)15)5-3-1-2-4-6(5)10(12,13)14/h1-4H,(H2,15,16). The van der Waals surface area contributed by atoms with Crippen LogP contribution in [0.5, 0.6) is 0 Å². The molecule has 0 aliphatic heterocycles. The number of rotatable bonds is 1. The average molecular weight is 263 g/mol. The Hall–Kier alpha value is -1.69. The minimum atomic E-state index is -4.50. The minimum absolute atomic E-state index is 0.123. The zero-order valence-corrected chi connectivity index (χ0v) is 9.01. The van der Waals surface area contributed by atoms with Crippen molar-refractivity contribution in [2.45, 2.75) is 6.18 Å². The van der Waals surface area contributed by atoms with Crippen LogP contribution in [0.4, 0.5) is 19.0 Å². The Labute approximate surface area is 99.0 Å². The molecule has 2 aromatic rings. The first-order valence-electron chi connectivity index (χ1n) is 4.48. The quantitative estimate of drug-likeness (QED) is 0.854. The third kappa shape index (κ3) is 2.08. The molecule has 0 aliphatic rings. The summed E-state index contributed by atoms with van der Waals surface area (Å²) >= 11 is 5.72. The van der Waals surface area contributed by atoms with Gasteiger partial charge in [-0.2, -0.15) is 13.2 Å². The fourth-order valence-corrected chi connectivity index (χ4v) is 1.56. The average Bonchev–Trinajstić information content (AvgIpc) is 2.59. The number of nitrogen functional groups attached to an aromatic ring is 1. The lowest BCUT2D eigenvalue weighted by Crippen LogP contribution is -2.06. The Bertz CT molecular complexity index is 551. The summed E-state index contributed by atoms with van der Waals surface area (Å²) in [4.78, 5) is 0. The van der Waals surface area contributed by atoms with E-state index in [0.29, 0.717) is 0 Å². The van der Waals surface area contributed by atoms with Crippen LogP contribution < -0.4 is 5.73 Å². The van der Waals surface area contributed by atoms with Gasteiger partial charge in [0.05, 0.1) is 5.56 Å². The highest BCUT2D eigenvalue weighted by Gasteiger charge is 2.35. The SMILES string of the molecule is Nc1noc(-c2ccccc2C(F)(F)F)c1Cl. The molecule has 0 atom stereocenters. The van der Waals surface area contributed by atoms with Crippen LogP contribution in [-0.2, 0) is 6.18 Å². The van der Waals surface area contributed by atoms with E-state index in [2.05, 4.69) is 5.16 Å². The monoisotopic (exact) mass is 262 g/mol. The molecule has 0 radical (unpaired) electrons. The van der Waals surface area contributed by atoms with Crippen molar-refractivity contribution in [3.63, 3.8) is 0 Å². The van der Waals surface area contributed by atoms with Gasteiger partial charge in [0.25, 0.3) is 0 Å². The van der Waals surface area contributed by atoms with E-state index in [1.54, 1.807) is 0 Å². The van der Waals surface area contributed by atoms with Gasteiger partial charge in [-0.05, 0) is 6.07 Å². The molecule has 2 N–H and O–H groups in total. The van der Waals surface area contributed by atoms with Crippen molar-refractivity contribution in [2.24, 2.45) is 0 Å². The highest BCUT2D eigenvalue weighted by molar-refractivity contribution is 6.35. The molecule has 0 spiro atoms. The number of halogens is 4. The topological polar surface area (TPSA) is 52.0 Å². The van der Waals surface area contributed by atoms with Crippen LogP contribution >= 0.6 is 11.6 Å². The lowest BCUT2D eigenvalue weighted by Gasteiger charge is -2.10. The second-order valence-corrected chi connectivity index (χ2v) is 3.63. The molecule has 0 aliphatic carbocycles. The third-order valence-corrected chi connectivity index (χ3v) is 2.50. The Balaban J connectivity index is 2.64. The maximum atomic E-state index is 12.7. The van der Waals surface area contributed by atoms with Crippen LogP contribution in [0.15, 0.2) is 28.8 Å². The minimum Gasteiger partial charge on any atom is -0.380 e. The number of aromatic nitrogens is 1. The van der Waals surface area contributed by atoms with Crippen LogP contribution in [0.1, 0.15) is 5.56 Å².